The van der Waals surface area contributed by atoms with Gasteiger partial charge in [0.2, 0.25) is 0 Å². The molecule has 4 aromatic heterocycles. The van der Waals surface area contributed by atoms with Crippen LogP contribution >= 0.6 is 45.3 Å². The Morgan fingerprint density at radius 1 is 0.625 bits per heavy atom. The summed E-state index contributed by atoms with van der Waals surface area (Å²) in [7, 11) is 0. The lowest BCUT2D eigenvalue weighted by atomic mass is 10.3. The van der Waals surface area contributed by atoms with E-state index >= 15 is 0 Å². The van der Waals surface area contributed by atoms with Crippen molar-refractivity contribution in [3.63, 3.8) is 0 Å². The fourth-order valence-electron chi connectivity index (χ4n) is 2.03. The molecular formula is C12H8S4. The van der Waals surface area contributed by atoms with Gasteiger partial charge in [-0.2, -0.15) is 0 Å². The maximum absolute atomic E-state index is 2.28. The Kier molecular flexibility index (Phi) is 1.84. The molecule has 0 unspecified atom stereocenters. The molecule has 0 fully saturated rings. The first-order valence-corrected chi connectivity index (χ1v) is 8.42. The van der Waals surface area contributed by atoms with Crippen molar-refractivity contribution in [2.24, 2.45) is 0 Å². The van der Waals surface area contributed by atoms with Crippen LogP contribution in [0.5, 0.6) is 0 Å². The van der Waals surface area contributed by atoms with Crippen LogP contribution in [-0.2, 0) is 0 Å². The number of fused-ring (bicyclic) bond motifs is 5. The van der Waals surface area contributed by atoms with Crippen LogP contribution in [0.15, 0.2) is 10.8 Å². The van der Waals surface area contributed by atoms with E-state index in [1.807, 2.05) is 45.3 Å². The Balaban J connectivity index is 2.34. The van der Waals surface area contributed by atoms with Crippen LogP contribution in [-0.4, -0.2) is 0 Å². The van der Waals surface area contributed by atoms with Gasteiger partial charge in [-0.25, -0.2) is 0 Å². The van der Waals surface area contributed by atoms with E-state index in [0.29, 0.717) is 0 Å². The summed E-state index contributed by atoms with van der Waals surface area (Å²) in [6.45, 7) is 4.44. The second kappa shape index (κ2) is 3.07. The van der Waals surface area contributed by atoms with Crippen LogP contribution in [0.25, 0.3) is 28.2 Å². The Hall–Kier alpha value is -0.420. The number of hydrogen-bond donors (Lipinski definition) is 0. The van der Waals surface area contributed by atoms with Crippen molar-refractivity contribution < 1.29 is 0 Å². The van der Waals surface area contributed by atoms with E-state index in [1.165, 1.54) is 39.3 Å². The summed E-state index contributed by atoms with van der Waals surface area (Å²) < 4.78 is 9.04. The molecule has 4 heterocycles. The van der Waals surface area contributed by atoms with Gasteiger partial charge in [-0.1, -0.05) is 0 Å². The molecule has 0 aliphatic heterocycles. The molecule has 0 bridgehead atoms. The summed E-state index contributed by atoms with van der Waals surface area (Å²) in [4.78, 5) is 0. The molecule has 0 radical (unpaired) electrons. The SMILES string of the molecule is Cc1csc2c1sc1c3scc(C)c3sc21. The van der Waals surface area contributed by atoms with Gasteiger partial charge >= 0.3 is 0 Å². The number of hydrogen-bond acceptors (Lipinski definition) is 4. The van der Waals surface area contributed by atoms with Gasteiger partial charge in [0, 0.05) is 0 Å². The van der Waals surface area contributed by atoms with Crippen LogP contribution < -0.4 is 0 Å². The van der Waals surface area contributed by atoms with Crippen LogP contribution in [0.4, 0.5) is 0 Å². The summed E-state index contributed by atoms with van der Waals surface area (Å²) in [6.07, 6.45) is 0. The van der Waals surface area contributed by atoms with Gasteiger partial charge in [0.1, 0.15) is 0 Å². The van der Waals surface area contributed by atoms with E-state index in [9.17, 15) is 0 Å². The minimum absolute atomic E-state index is 1.44. The van der Waals surface area contributed by atoms with Crippen LogP contribution in [0.3, 0.4) is 0 Å². The third-order valence-corrected chi connectivity index (χ3v) is 8.42. The van der Waals surface area contributed by atoms with Crippen LogP contribution in [0.2, 0.25) is 0 Å². The second-order valence-corrected chi connectivity index (χ2v) is 7.82. The van der Waals surface area contributed by atoms with Gasteiger partial charge in [0.15, 0.2) is 0 Å². The zero-order valence-electron chi connectivity index (χ0n) is 8.79. The molecule has 0 nitrogen and oxygen atoms in total. The second-order valence-electron chi connectivity index (χ2n) is 4.02. The minimum Gasteiger partial charge on any atom is -0.141 e. The van der Waals surface area contributed by atoms with E-state index in [4.69, 9.17) is 0 Å². The molecule has 4 rings (SSSR count). The molecule has 80 valence electrons. The summed E-state index contributed by atoms with van der Waals surface area (Å²) in [5, 5.41) is 4.56. The molecule has 0 spiro atoms. The van der Waals surface area contributed by atoms with Crippen molar-refractivity contribution >= 4 is 73.5 Å². The fourth-order valence-corrected chi connectivity index (χ4v) is 7.56. The highest BCUT2D eigenvalue weighted by Crippen LogP contribution is 2.49. The van der Waals surface area contributed by atoms with Gasteiger partial charge in [-0.05, 0) is 35.7 Å². The molecule has 0 aromatic carbocycles. The molecule has 0 saturated carbocycles. The maximum Gasteiger partial charge on any atom is 0.0650 e. The van der Waals surface area contributed by atoms with E-state index in [1.54, 1.807) is 0 Å². The van der Waals surface area contributed by atoms with Crippen molar-refractivity contribution in [3.05, 3.63) is 21.9 Å². The highest BCUT2D eigenvalue weighted by molar-refractivity contribution is 7.44. The van der Waals surface area contributed by atoms with Crippen molar-refractivity contribution in [1.82, 2.24) is 0 Å². The molecule has 0 N–H and O–H groups in total. The van der Waals surface area contributed by atoms with Gasteiger partial charge in [0.25, 0.3) is 0 Å². The molecule has 0 aliphatic carbocycles. The van der Waals surface area contributed by atoms with E-state index in [0.717, 1.165) is 0 Å². The first kappa shape index (κ1) is 9.59. The highest BCUT2D eigenvalue weighted by Gasteiger charge is 2.16. The Morgan fingerprint density at radius 3 is 1.50 bits per heavy atom. The van der Waals surface area contributed by atoms with Crippen molar-refractivity contribution in [3.8, 4) is 0 Å². The van der Waals surface area contributed by atoms with Crippen molar-refractivity contribution in [2.75, 3.05) is 0 Å². The molecule has 0 saturated heterocycles. The van der Waals surface area contributed by atoms with Gasteiger partial charge in [-0.15, -0.1) is 45.3 Å². The standard InChI is InChI=1S/C12H8S4/c1-5-3-13-9-7(5)15-12-10-8(16-11(9)12)6(2)4-14-10/h3-4H,1-2H3. The third kappa shape index (κ3) is 1.03. The number of aryl methyl sites for hydroxylation is 2. The van der Waals surface area contributed by atoms with Gasteiger partial charge in [-0.3, -0.25) is 0 Å². The minimum atomic E-state index is 1.44. The lowest BCUT2D eigenvalue weighted by molar-refractivity contribution is 1.62. The summed E-state index contributed by atoms with van der Waals surface area (Å²) in [5.41, 5.74) is 2.88. The zero-order chi connectivity index (χ0) is 10.9. The maximum atomic E-state index is 2.28. The lowest BCUT2D eigenvalue weighted by Crippen LogP contribution is -1.55. The smallest absolute Gasteiger partial charge is 0.0650 e. The summed E-state index contributed by atoms with van der Waals surface area (Å²) >= 11 is 7.75. The van der Waals surface area contributed by atoms with E-state index in [-0.39, 0.29) is 0 Å². The van der Waals surface area contributed by atoms with Gasteiger partial charge in [0.05, 0.1) is 28.2 Å². The molecule has 0 aliphatic rings. The largest absolute Gasteiger partial charge is 0.141 e. The predicted octanol–water partition coefficient (Wildman–Crippen LogP) is 6.01. The van der Waals surface area contributed by atoms with Crippen LogP contribution in [0, 0.1) is 13.8 Å². The number of rotatable bonds is 0. The first-order valence-electron chi connectivity index (χ1n) is 5.02. The Bertz CT molecular complexity index is 751. The fraction of sp³-hybridized carbons (Fsp3) is 0.167. The molecular weight excluding hydrogens is 272 g/mol. The molecule has 0 amide bonds. The number of thiophene rings is 4. The van der Waals surface area contributed by atoms with Crippen molar-refractivity contribution in [2.45, 2.75) is 13.8 Å². The topological polar surface area (TPSA) is 0 Å². The quantitative estimate of drug-likeness (QED) is 0.370. The van der Waals surface area contributed by atoms with E-state index < -0.39 is 0 Å². The molecule has 4 heteroatoms. The summed E-state index contributed by atoms with van der Waals surface area (Å²) in [5.74, 6) is 0. The van der Waals surface area contributed by atoms with Crippen LogP contribution in [0.1, 0.15) is 11.1 Å². The zero-order valence-corrected chi connectivity index (χ0v) is 12.1. The summed E-state index contributed by atoms with van der Waals surface area (Å²) in [6, 6.07) is 0. The first-order chi connectivity index (χ1) is 7.75. The molecule has 0 atom stereocenters. The van der Waals surface area contributed by atoms with E-state index in [2.05, 4.69) is 24.6 Å². The Morgan fingerprint density at radius 2 is 1.06 bits per heavy atom. The van der Waals surface area contributed by atoms with Gasteiger partial charge < -0.3 is 0 Å². The molecule has 16 heavy (non-hydrogen) atoms. The highest BCUT2D eigenvalue weighted by atomic mass is 32.1. The Labute approximate surface area is 109 Å². The average molecular weight is 280 g/mol. The third-order valence-electron chi connectivity index (χ3n) is 2.86. The molecule has 4 aromatic rings. The normalized spacial score (nSPS) is 12.4. The lowest BCUT2D eigenvalue weighted by Gasteiger charge is -1.81. The monoisotopic (exact) mass is 280 g/mol. The predicted molar refractivity (Wildman–Crippen MR) is 79.9 cm³/mol. The average Bonchev–Trinajstić information content (AvgIpc) is 2.92. The van der Waals surface area contributed by atoms with Crippen molar-refractivity contribution in [1.29, 1.82) is 0 Å².